The number of carbonyl (C=O) groups excluding carboxylic acids is 4. The zero-order valence-corrected chi connectivity index (χ0v) is 68.0. The van der Waals surface area contributed by atoms with Gasteiger partial charge < -0.3 is 33.8 Å². The van der Waals surface area contributed by atoms with Crippen LogP contribution in [0.5, 0.6) is 0 Å². The summed E-state index contributed by atoms with van der Waals surface area (Å²) < 4.78 is 68.7. The quantitative estimate of drug-likeness (QED) is 0.0222. The number of unbranched alkanes of at least 4 members (excludes halogenated alkanes) is 50. The average molecular weight is 1480 g/mol. The van der Waals surface area contributed by atoms with Gasteiger partial charge >= 0.3 is 39.5 Å². The van der Waals surface area contributed by atoms with Gasteiger partial charge in [-0.1, -0.05) is 382 Å². The van der Waals surface area contributed by atoms with Crippen molar-refractivity contribution in [3.8, 4) is 0 Å². The maximum atomic E-state index is 13.1. The summed E-state index contributed by atoms with van der Waals surface area (Å²) >= 11 is 0. The Morgan fingerprint density at radius 1 is 0.287 bits per heavy atom. The monoisotopic (exact) mass is 1480 g/mol. The van der Waals surface area contributed by atoms with Gasteiger partial charge in [0.1, 0.15) is 19.3 Å². The molecule has 17 nitrogen and oxygen atoms in total. The third kappa shape index (κ3) is 74.7. The normalized spacial score (nSPS) is 14.2. The van der Waals surface area contributed by atoms with E-state index in [2.05, 4.69) is 41.5 Å². The van der Waals surface area contributed by atoms with Crippen LogP contribution in [-0.4, -0.2) is 96.7 Å². The van der Waals surface area contributed by atoms with Crippen molar-refractivity contribution in [1.29, 1.82) is 0 Å². The lowest BCUT2D eigenvalue weighted by atomic mass is 9.99. The lowest BCUT2D eigenvalue weighted by Gasteiger charge is -2.21. The average Bonchev–Trinajstić information content (AvgIpc) is 0.961. The molecule has 0 aliphatic carbocycles. The molecule has 3 unspecified atom stereocenters. The van der Waals surface area contributed by atoms with E-state index >= 15 is 0 Å². The number of hydrogen-bond acceptors (Lipinski definition) is 15. The van der Waals surface area contributed by atoms with Crippen LogP contribution in [0.4, 0.5) is 0 Å². The first kappa shape index (κ1) is 99.1. The lowest BCUT2D eigenvalue weighted by Crippen LogP contribution is -2.30. The summed E-state index contributed by atoms with van der Waals surface area (Å²) in [7, 11) is -9.92. The van der Waals surface area contributed by atoms with Crippen molar-refractivity contribution in [2.45, 2.75) is 452 Å². The molecule has 101 heavy (non-hydrogen) atoms. The smallest absolute Gasteiger partial charge is 0.462 e. The van der Waals surface area contributed by atoms with Crippen molar-refractivity contribution in [2.75, 3.05) is 39.6 Å². The number of aliphatic hydroxyl groups excluding tert-OH is 1. The predicted octanol–water partition coefficient (Wildman–Crippen LogP) is 24.7. The summed E-state index contributed by atoms with van der Waals surface area (Å²) in [4.78, 5) is 73.0. The highest BCUT2D eigenvalue weighted by Crippen LogP contribution is 2.45. The van der Waals surface area contributed by atoms with Gasteiger partial charge in [-0.25, -0.2) is 9.13 Å². The number of ether oxygens (including phenoxy) is 4. The topological polar surface area (TPSA) is 237 Å². The van der Waals surface area contributed by atoms with Crippen molar-refractivity contribution in [3.63, 3.8) is 0 Å². The van der Waals surface area contributed by atoms with E-state index < -0.39 is 97.5 Å². The van der Waals surface area contributed by atoms with Crippen LogP contribution in [0.15, 0.2) is 0 Å². The fourth-order valence-electron chi connectivity index (χ4n) is 12.7. The molecule has 0 bridgehead atoms. The van der Waals surface area contributed by atoms with Gasteiger partial charge in [0.2, 0.25) is 0 Å². The number of carbonyl (C=O) groups is 4. The summed E-state index contributed by atoms with van der Waals surface area (Å²) in [6.07, 6.45) is 64.0. The minimum atomic E-state index is -4.96. The maximum Gasteiger partial charge on any atom is 0.472 e. The highest BCUT2D eigenvalue weighted by molar-refractivity contribution is 7.47. The van der Waals surface area contributed by atoms with Gasteiger partial charge in [0, 0.05) is 25.7 Å². The molecule has 600 valence electrons. The Bertz CT molecular complexity index is 1940. The molecule has 0 spiro atoms. The Hall–Kier alpha value is -1.94. The number of phosphoric ester groups is 2. The second-order valence-electron chi connectivity index (χ2n) is 30.2. The molecule has 0 fully saturated rings. The Morgan fingerprint density at radius 3 is 0.752 bits per heavy atom. The summed E-state index contributed by atoms with van der Waals surface area (Å²) in [5, 5.41) is 10.6. The van der Waals surface area contributed by atoms with Gasteiger partial charge in [-0.15, -0.1) is 0 Å². The molecule has 0 rings (SSSR count). The van der Waals surface area contributed by atoms with E-state index in [1.165, 1.54) is 244 Å². The fraction of sp³-hybridized carbons (Fsp3) is 0.951. The van der Waals surface area contributed by atoms with Crippen molar-refractivity contribution in [1.82, 2.24) is 0 Å². The van der Waals surface area contributed by atoms with E-state index in [-0.39, 0.29) is 25.7 Å². The Balaban J connectivity index is 5.22. The largest absolute Gasteiger partial charge is 0.472 e. The van der Waals surface area contributed by atoms with Crippen molar-refractivity contribution in [3.05, 3.63) is 0 Å². The first-order valence-corrected chi connectivity index (χ1v) is 45.5. The first-order chi connectivity index (χ1) is 48.9. The Morgan fingerprint density at radius 2 is 0.505 bits per heavy atom. The standard InChI is InChI=1S/C82H160O17P2/c1-7-10-12-14-16-18-20-22-24-26-28-29-31-33-35-37-42-46-54-60-66-81(86)98-77(70-92-79(84)64-58-52-45-41-36-34-32-30-27-25-23-21-19-17-15-13-11-8-2)72-96-100(88,89)94-68-76(83)69-95-101(90,91)97-73-78(71-93-80(85)65-59-53-49-48-50-56-62-74(4)5)99-82(87)67-61-55-47-43-39-38-40-44-51-57-63-75(6)9-3/h74-78,83H,7-73H2,1-6H3,(H,88,89)(H,90,91)/t75?,76-,77-,78-/m1/s1. The number of hydrogen-bond donors (Lipinski definition) is 3. The molecule has 0 saturated heterocycles. The summed E-state index contributed by atoms with van der Waals surface area (Å²) in [5.74, 6) is -0.628. The number of esters is 4. The first-order valence-electron chi connectivity index (χ1n) is 42.5. The third-order valence-corrected chi connectivity index (χ3v) is 21.5. The van der Waals surface area contributed by atoms with Crippen LogP contribution < -0.4 is 0 Å². The highest BCUT2D eigenvalue weighted by Gasteiger charge is 2.30. The summed E-state index contributed by atoms with van der Waals surface area (Å²) in [5.41, 5.74) is 0. The molecule has 0 radical (unpaired) electrons. The lowest BCUT2D eigenvalue weighted by molar-refractivity contribution is -0.161. The Labute approximate surface area is 619 Å². The molecule has 3 N–H and O–H groups in total. The van der Waals surface area contributed by atoms with Crippen LogP contribution >= 0.6 is 15.6 Å². The van der Waals surface area contributed by atoms with Crippen LogP contribution in [-0.2, 0) is 65.4 Å². The number of phosphoric acid groups is 2. The molecule has 0 saturated carbocycles. The van der Waals surface area contributed by atoms with E-state index in [9.17, 15) is 43.2 Å². The van der Waals surface area contributed by atoms with E-state index in [1.54, 1.807) is 0 Å². The second-order valence-corrected chi connectivity index (χ2v) is 33.1. The Kier molecular flexibility index (Phi) is 72.2. The fourth-order valence-corrected chi connectivity index (χ4v) is 14.3. The van der Waals surface area contributed by atoms with Crippen molar-refractivity contribution in [2.24, 2.45) is 11.8 Å². The maximum absolute atomic E-state index is 13.1. The number of aliphatic hydroxyl groups is 1. The van der Waals surface area contributed by atoms with Gasteiger partial charge in [-0.2, -0.15) is 0 Å². The zero-order valence-electron chi connectivity index (χ0n) is 66.2. The van der Waals surface area contributed by atoms with Crippen LogP contribution in [0.1, 0.15) is 433 Å². The van der Waals surface area contributed by atoms with Crippen LogP contribution in [0.3, 0.4) is 0 Å². The van der Waals surface area contributed by atoms with Crippen molar-refractivity contribution >= 4 is 39.5 Å². The summed E-state index contributed by atoms with van der Waals surface area (Å²) in [6, 6.07) is 0. The van der Waals surface area contributed by atoms with Gasteiger partial charge in [0.25, 0.3) is 0 Å². The SMILES string of the molecule is CCCCCCCCCCCCCCCCCCCCCCC(=O)O[C@H](COC(=O)CCCCCCCCCCCCCCCCCCCC)COP(=O)(O)OC[C@@H](O)COP(=O)(O)OC[C@@H](COC(=O)CCCCCCCCC(C)C)OC(=O)CCCCCCCCCCCCC(C)CC. The van der Waals surface area contributed by atoms with E-state index in [4.69, 9.17) is 37.0 Å². The molecule has 6 atom stereocenters. The third-order valence-electron chi connectivity index (χ3n) is 19.6. The zero-order chi connectivity index (χ0) is 74.2. The van der Waals surface area contributed by atoms with Gasteiger partial charge in [-0.05, 0) is 37.5 Å². The van der Waals surface area contributed by atoms with E-state index in [0.29, 0.717) is 31.6 Å². The second kappa shape index (κ2) is 73.6. The molecule has 0 amide bonds. The van der Waals surface area contributed by atoms with Crippen LogP contribution in [0.25, 0.3) is 0 Å². The highest BCUT2D eigenvalue weighted by atomic mass is 31.2. The van der Waals surface area contributed by atoms with Gasteiger partial charge in [0.05, 0.1) is 26.4 Å². The molecular weight excluding hydrogens is 1320 g/mol. The molecule has 0 aromatic carbocycles. The van der Waals surface area contributed by atoms with E-state index in [0.717, 1.165) is 102 Å². The molecule has 0 aliphatic heterocycles. The number of rotatable bonds is 81. The minimum absolute atomic E-state index is 0.105. The van der Waals surface area contributed by atoms with Crippen LogP contribution in [0.2, 0.25) is 0 Å². The molecule has 19 heteroatoms. The van der Waals surface area contributed by atoms with Crippen molar-refractivity contribution < 1.29 is 80.2 Å². The van der Waals surface area contributed by atoms with E-state index in [1.807, 2.05) is 0 Å². The molecule has 0 aliphatic rings. The predicted molar refractivity (Wildman–Crippen MR) is 414 cm³/mol. The van der Waals surface area contributed by atoms with Crippen LogP contribution in [0, 0.1) is 11.8 Å². The molecule has 0 heterocycles. The van der Waals surface area contributed by atoms with Gasteiger partial charge in [-0.3, -0.25) is 37.3 Å². The molecule has 0 aromatic heterocycles. The summed E-state index contributed by atoms with van der Waals surface area (Å²) in [6.45, 7) is 9.58. The minimum Gasteiger partial charge on any atom is -0.462 e. The van der Waals surface area contributed by atoms with Gasteiger partial charge in [0.15, 0.2) is 12.2 Å². The molecule has 0 aromatic rings. The molecular formula is C82H160O17P2.